The molecule has 0 spiro atoms. The lowest BCUT2D eigenvalue weighted by Crippen LogP contribution is -2.43. The van der Waals surface area contributed by atoms with Gasteiger partial charge in [-0.05, 0) is 24.9 Å². The molecule has 2 aliphatic rings. The van der Waals surface area contributed by atoms with Crippen LogP contribution in [-0.4, -0.2) is 41.5 Å². The second-order valence-corrected chi connectivity index (χ2v) is 5.42. The van der Waals surface area contributed by atoms with Crippen molar-refractivity contribution in [3.05, 3.63) is 30.3 Å². The van der Waals surface area contributed by atoms with Crippen LogP contribution in [0.3, 0.4) is 0 Å². The Hall–Kier alpha value is -1.88. The highest BCUT2D eigenvalue weighted by molar-refractivity contribution is 5.95. The highest BCUT2D eigenvalue weighted by atomic mass is 16.3. The summed E-state index contributed by atoms with van der Waals surface area (Å²) in [7, 11) is 0. The van der Waals surface area contributed by atoms with Gasteiger partial charge in [-0.25, -0.2) is 0 Å². The van der Waals surface area contributed by atoms with Gasteiger partial charge in [-0.3, -0.25) is 9.78 Å². The average Bonchev–Trinajstić information content (AvgIpc) is 3.13. The Morgan fingerprint density at radius 2 is 2.42 bits per heavy atom. The van der Waals surface area contributed by atoms with Crippen molar-refractivity contribution in [2.45, 2.75) is 12.5 Å². The number of nitrogens with zero attached hydrogens (tertiary/aromatic N) is 2. The molecule has 0 aromatic carbocycles. The third-order valence-electron chi connectivity index (χ3n) is 4.22. The van der Waals surface area contributed by atoms with Crippen LogP contribution in [-0.2, 0) is 0 Å². The Kier molecular flexibility index (Phi) is 2.35. The Balaban J connectivity index is 1.53. The summed E-state index contributed by atoms with van der Waals surface area (Å²) in [5.74, 6) is 0.508. The van der Waals surface area contributed by atoms with Crippen molar-refractivity contribution in [2.24, 2.45) is 5.92 Å². The van der Waals surface area contributed by atoms with Crippen molar-refractivity contribution in [1.82, 2.24) is 15.2 Å². The van der Waals surface area contributed by atoms with E-state index >= 15 is 0 Å². The minimum atomic E-state index is -0.1000. The molecule has 2 aromatic rings. The van der Waals surface area contributed by atoms with E-state index in [2.05, 4.69) is 15.2 Å². The first-order valence-corrected chi connectivity index (χ1v) is 6.66. The lowest BCUT2D eigenvalue weighted by Gasteiger charge is -2.22. The van der Waals surface area contributed by atoms with Gasteiger partial charge in [-0.1, -0.05) is 0 Å². The molecule has 3 unspecified atom stereocenters. The average molecular weight is 257 g/mol. The van der Waals surface area contributed by atoms with Gasteiger partial charge in [0.1, 0.15) is 11.3 Å². The molecule has 4 heterocycles. The second kappa shape index (κ2) is 4.06. The molecule has 3 atom stereocenters. The van der Waals surface area contributed by atoms with Crippen LogP contribution in [0.1, 0.15) is 16.9 Å². The third-order valence-corrected chi connectivity index (χ3v) is 4.22. The van der Waals surface area contributed by atoms with E-state index in [4.69, 9.17) is 4.42 Å². The maximum absolute atomic E-state index is 12.2. The minimum absolute atomic E-state index is 0.1000. The number of hydrogen-bond acceptors (Lipinski definition) is 4. The van der Waals surface area contributed by atoms with Crippen molar-refractivity contribution in [3.8, 4) is 0 Å². The molecule has 98 valence electrons. The highest BCUT2D eigenvalue weighted by Crippen LogP contribution is 2.27. The standard InChI is InChI=1S/C14H15N3O2/c18-14(16-12-8-17-3-1-10(12)7-17)11-5-13-9(6-15-11)2-4-19-13/h2,4-6,10,12H,1,3,7-8H2,(H,16,18). The topological polar surface area (TPSA) is 58.4 Å². The molecule has 5 nitrogen and oxygen atoms in total. The Bertz CT molecular complexity index is 636. The molecule has 1 N–H and O–H groups in total. The van der Waals surface area contributed by atoms with Crippen molar-refractivity contribution >= 4 is 16.9 Å². The molecule has 0 radical (unpaired) electrons. The van der Waals surface area contributed by atoms with E-state index in [0.29, 0.717) is 17.2 Å². The number of carbonyl (C=O) groups is 1. The molecule has 2 aliphatic heterocycles. The van der Waals surface area contributed by atoms with Gasteiger partial charge in [0.2, 0.25) is 0 Å². The highest BCUT2D eigenvalue weighted by Gasteiger charge is 2.38. The van der Waals surface area contributed by atoms with E-state index in [-0.39, 0.29) is 11.9 Å². The molecule has 2 fully saturated rings. The zero-order valence-corrected chi connectivity index (χ0v) is 10.5. The quantitative estimate of drug-likeness (QED) is 0.880. The van der Waals surface area contributed by atoms with Gasteiger partial charge in [-0.2, -0.15) is 0 Å². The smallest absolute Gasteiger partial charge is 0.270 e. The van der Waals surface area contributed by atoms with Crippen molar-refractivity contribution < 1.29 is 9.21 Å². The molecule has 4 rings (SSSR count). The number of amides is 1. The molecule has 0 saturated carbocycles. The fourth-order valence-corrected chi connectivity index (χ4v) is 3.17. The number of aromatic nitrogens is 1. The Morgan fingerprint density at radius 1 is 1.47 bits per heavy atom. The van der Waals surface area contributed by atoms with Crippen LogP contribution >= 0.6 is 0 Å². The monoisotopic (exact) mass is 257 g/mol. The molecule has 2 saturated heterocycles. The largest absolute Gasteiger partial charge is 0.464 e. The molecule has 2 aromatic heterocycles. The molecule has 19 heavy (non-hydrogen) atoms. The molecular formula is C14H15N3O2. The summed E-state index contributed by atoms with van der Waals surface area (Å²) in [6, 6.07) is 3.82. The molecule has 1 amide bonds. The van der Waals surface area contributed by atoms with Gasteiger partial charge in [0.15, 0.2) is 0 Å². The zero-order chi connectivity index (χ0) is 12.8. The van der Waals surface area contributed by atoms with Crippen LogP contribution in [0.2, 0.25) is 0 Å². The van der Waals surface area contributed by atoms with E-state index in [1.807, 2.05) is 6.07 Å². The Morgan fingerprint density at radius 3 is 3.21 bits per heavy atom. The fraction of sp³-hybridized carbons (Fsp3) is 0.429. The molecular weight excluding hydrogens is 242 g/mol. The van der Waals surface area contributed by atoms with Crippen LogP contribution < -0.4 is 5.32 Å². The van der Waals surface area contributed by atoms with Crippen molar-refractivity contribution in [1.29, 1.82) is 0 Å². The summed E-state index contributed by atoms with van der Waals surface area (Å²) in [6.45, 7) is 3.27. The summed E-state index contributed by atoms with van der Waals surface area (Å²) in [5.41, 5.74) is 1.14. The maximum atomic E-state index is 12.2. The van der Waals surface area contributed by atoms with Gasteiger partial charge in [0.05, 0.1) is 6.26 Å². The van der Waals surface area contributed by atoms with Gasteiger partial charge >= 0.3 is 0 Å². The Labute approximate surface area is 110 Å². The summed E-state index contributed by atoms with van der Waals surface area (Å²) < 4.78 is 5.30. The first kappa shape index (κ1) is 11.0. The van der Waals surface area contributed by atoms with Gasteiger partial charge in [0, 0.05) is 36.8 Å². The number of pyridine rings is 1. The normalized spacial score (nSPS) is 28.9. The van der Waals surface area contributed by atoms with Gasteiger partial charge in [-0.15, -0.1) is 0 Å². The number of furan rings is 1. The number of carbonyl (C=O) groups excluding carboxylic acids is 1. The zero-order valence-electron chi connectivity index (χ0n) is 10.5. The second-order valence-electron chi connectivity index (χ2n) is 5.42. The van der Waals surface area contributed by atoms with Crippen LogP contribution in [0.4, 0.5) is 0 Å². The van der Waals surface area contributed by atoms with Gasteiger partial charge in [0.25, 0.3) is 5.91 Å². The van der Waals surface area contributed by atoms with E-state index in [9.17, 15) is 4.79 Å². The van der Waals surface area contributed by atoms with Gasteiger partial charge < -0.3 is 14.6 Å². The van der Waals surface area contributed by atoms with E-state index < -0.39 is 0 Å². The molecule has 0 aliphatic carbocycles. The first-order valence-electron chi connectivity index (χ1n) is 6.66. The van der Waals surface area contributed by atoms with E-state index in [0.717, 1.165) is 18.5 Å². The summed E-state index contributed by atoms with van der Waals surface area (Å²) in [5, 5.41) is 4.02. The number of nitrogens with one attached hydrogen (secondary N) is 1. The number of piperidine rings is 1. The summed E-state index contributed by atoms with van der Waals surface area (Å²) in [6.07, 6.45) is 4.48. The number of rotatable bonds is 2. The molecule has 2 bridgehead atoms. The third kappa shape index (κ3) is 1.81. The van der Waals surface area contributed by atoms with Crippen LogP contribution in [0.25, 0.3) is 11.0 Å². The van der Waals surface area contributed by atoms with E-state index in [1.165, 1.54) is 13.0 Å². The SMILES string of the molecule is O=C(NC1CN2CCC1C2)c1cc2occc2cn1. The molecule has 5 heteroatoms. The van der Waals surface area contributed by atoms with Crippen LogP contribution in [0.15, 0.2) is 29.0 Å². The predicted octanol–water partition coefficient (Wildman–Crippen LogP) is 1.26. The fourth-order valence-electron chi connectivity index (χ4n) is 3.17. The lowest BCUT2D eigenvalue weighted by molar-refractivity contribution is 0.0919. The van der Waals surface area contributed by atoms with Crippen molar-refractivity contribution in [3.63, 3.8) is 0 Å². The maximum Gasteiger partial charge on any atom is 0.270 e. The van der Waals surface area contributed by atoms with Crippen molar-refractivity contribution in [2.75, 3.05) is 19.6 Å². The summed E-state index contributed by atoms with van der Waals surface area (Å²) in [4.78, 5) is 18.8. The summed E-state index contributed by atoms with van der Waals surface area (Å²) >= 11 is 0. The number of hydrogen-bond donors (Lipinski definition) is 1. The van der Waals surface area contributed by atoms with Crippen LogP contribution in [0, 0.1) is 5.92 Å². The lowest BCUT2D eigenvalue weighted by atomic mass is 10.00. The van der Waals surface area contributed by atoms with E-state index in [1.54, 1.807) is 18.5 Å². The first-order chi connectivity index (χ1) is 9.29. The predicted molar refractivity (Wildman–Crippen MR) is 69.8 cm³/mol. The number of fused-ring (bicyclic) bond motifs is 3. The minimum Gasteiger partial charge on any atom is -0.464 e. The van der Waals surface area contributed by atoms with Crippen LogP contribution in [0.5, 0.6) is 0 Å².